The van der Waals surface area contributed by atoms with Crippen LogP contribution in [0.25, 0.3) is 0 Å². The van der Waals surface area contributed by atoms with E-state index in [1.54, 1.807) is 4.90 Å². The number of hydrogen-bond acceptors (Lipinski definition) is 3. The van der Waals surface area contributed by atoms with Gasteiger partial charge in [0, 0.05) is 25.9 Å². The molecular weight excluding hydrogens is 316 g/mol. The van der Waals surface area contributed by atoms with Crippen molar-refractivity contribution in [1.82, 2.24) is 10.2 Å². The van der Waals surface area contributed by atoms with Crippen molar-refractivity contribution in [3.8, 4) is 0 Å². The fourth-order valence-corrected chi connectivity index (χ4v) is 3.62. The molecule has 136 valence electrons. The van der Waals surface area contributed by atoms with Gasteiger partial charge in [-0.3, -0.25) is 9.59 Å². The van der Waals surface area contributed by atoms with Crippen LogP contribution in [0.1, 0.15) is 50.7 Å². The van der Waals surface area contributed by atoms with E-state index in [0.717, 1.165) is 30.4 Å². The van der Waals surface area contributed by atoms with Gasteiger partial charge in [0.2, 0.25) is 11.8 Å². The molecule has 1 aliphatic heterocycles. The molecule has 1 unspecified atom stereocenters. The van der Waals surface area contributed by atoms with E-state index in [9.17, 15) is 14.7 Å². The lowest BCUT2D eigenvalue weighted by atomic mass is 9.80. The number of aliphatic hydroxyl groups is 1. The number of benzene rings is 1. The van der Waals surface area contributed by atoms with Gasteiger partial charge < -0.3 is 15.3 Å². The highest BCUT2D eigenvalue weighted by Gasteiger charge is 2.38. The van der Waals surface area contributed by atoms with Crippen LogP contribution in [-0.4, -0.2) is 40.0 Å². The summed E-state index contributed by atoms with van der Waals surface area (Å²) < 4.78 is 0. The maximum absolute atomic E-state index is 12.8. The Kier molecular flexibility index (Phi) is 5.13. The number of hydrogen-bond donors (Lipinski definition) is 2. The van der Waals surface area contributed by atoms with Crippen LogP contribution >= 0.6 is 0 Å². The molecule has 0 bridgehead atoms. The standard InChI is InChI=1S/C20H28N2O3/c1-14(2)10-18(23)22-12-16-7-4-3-6-15(16)11-17(22)19(24)21-13-20(25)8-5-9-20/h3-4,6-7,14,17,25H,5,8-13H2,1-2H3,(H,21,24). The highest BCUT2D eigenvalue weighted by molar-refractivity contribution is 5.88. The van der Waals surface area contributed by atoms with Gasteiger partial charge in [0.15, 0.2) is 0 Å². The number of nitrogens with zero attached hydrogens (tertiary/aromatic N) is 1. The zero-order valence-electron chi connectivity index (χ0n) is 15.1. The molecular formula is C20H28N2O3. The van der Waals surface area contributed by atoms with E-state index in [0.29, 0.717) is 19.4 Å². The Labute approximate surface area is 149 Å². The van der Waals surface area contributed by atoms with Gasteiger partial charge in [-0.1, -0.05) is 38.1 Å². The molecule has 0 saturated heterocycles. The van der Waals surface area contributed by atoms with E-state index in [4.69, 9.17) is 0 Å². The Morgan fingerprint density at radius 2 is 1.96 bits per heavy atom. The highest BCUT2D eigenvalue weighted by atomic mass is 16.3. The third-order valence-corrected chi connectivity index (χ3v) is 5.33. The van der Waals surface area contributed by atoms with E-state index in [1.807, 2.05) is 38.1 Å². The second kappa shape index (κ2) is 7.16. The third-order valence-electron chi connectivity index (χ3n) is 5.33. The average molecular weight is 344 g/mol. The van der Waals surface area contributed by atoms with Crippen molar-refractivity contribution >= 4 is 11.8 Å². The Morgan fingerprint density at radius 1 is 1.28 bits per heavy atom. The number of nitrogens with one attached hydrogen (secondary N) is 1. The second-order valence-electron chi connectivity index (χ2n) is 7.90. The average Bonchev–Trinajstić information content (AvgIpc) is 2.56. The fraction of sp³-hybridized carbons (Fsp3) is 0.600. The lowest BCUT2D eigenvalue weighted by Crippen LogP contribution is -2.56. The van der Waals surface area contributed by atoms with Gasteiger partial charge in [-0.15, -0.1) is 0 Å². The molecule has 3 rings (SSSR count). The largest absolute Gasteiger partial charge is 0.388 e. The van der Waals surface area contributed by atoms with Gasteiger partial charge in [0.05, 0.1) is 5.60 Å². The number of carbonyl (C=O) groups is 2. The van der Waals surface area contributed by atoms with Crippen molar-refractivity contribution < 1.29 is 14.7 Å². The van der Waals surface area contributed by atoms with Crippen LogP contribution in [0.3, 0.4) is 0 Å². The number of rotatable bonds is 5. The van der Waals surface area contributed by atoms with E-state index in [1.165, 1.54) is 0 Å². The van der Waals surface area contributed by atoms with Crippen molar-refractivity contribution in [2.75, 3.05) is 6.54 Å². The summed E-state index contributed by atoms with van der Waals surface area (Å²) >= 11 is 0. The van der Waals surface area contributed by atoms with Crippen molar-refractivity contribution in [2.24, 2.45) is 5.92 Å². The Bertz CT molecular complexity index is 652. The van der Waals surface area contributed by atoms with E-state index < -0.39 is 11.6 Å². The minimum atomic E-state index is -0.755. The SMILES string of the molecule is CC(C)CC(=O)N1Cc2ccccc2CC1C(=O)NCC1(O)CCC1. The Morgan fingerprint density at radius 3 is 2.56 bits per heavy atom. The van der Waals surface area contributed by atoms with Crippen molar-refractivity contribution in [3.05, 3.63) is 35.4 Å². The molecule has 1 fully saturated rings. The van der Waals surface area contributed by atoms with Gasteiger partial charge >= 0.3 is 0 Å². The number of amides is 2. The molecule has 2 aliphatic rings. The monoisotopic (exact) mass is 344 g/mol. The van der Waals surface area contributed by atoms with Crippen LogP contribution in [0.4, 0.5) is 0 Å². The van der Waals surface area contributed by atoms with Crippen LogP contribution in [0.2, 0.25) is 0 Å². The minimum absolute atomic E-state index is 0.0204. The quantitative estimate of drug-likeness (QED) is 0.858. The molecule has 1 atom stereocenters. The highest BCUT2D eigenvalue weighted by Crippen LogP contribution is 2.31. The molecule has 0 radical (unpaired) electrons. The number of carbonyl (C=O) groups excluding carboxylic acids is 2. The van der Waals surface area contributed by atoms with E-state index >= 15 is 0 Å². The predicted octanol–water partition coefficient (Wildman–Crippen LogP) is 2.02. The predicted molar refractivity (Wildman–Crippen MR) is 95.7 cm³/mol. The minimum Gasteiger partial charge on any atom is -0.388 e. The summed E-state index contributed by atoms with van der Waals surface area (Å²) in [6, 6.07) is 7.49. The first-order valence-electron chi connectivity index (χ1n) is 9.24. The molecule has 1 aromatic carbocycles. The van der Waals surface area contributed by atoms with Crippen LogP contribution < -0.4 is 5.32 Å². The molecule has 5 heteroatoms. The number of fused-ring (bicyclic) bond motifs is 1. The molecule has 5 nitrogen and oxygen atoms in total. The van der Waals surface area contributed by atoms with E-state index in [2.05, 4.69) is 5.32 Å². The maximum Gasteiger partial charge on any atom is 0.243 e. The van der Waals surface area contributed by atoms with Crippen LogP contribution in [0.15, 0.2) is 24.3 Å². The zero-order chi connectivity index (χ0) is 18.0. The first-order chi connectivity index (χ1) is 11.9. The second-order valence-corrected chi connectivity index (χ2v) is 7.90. The van der Waals surface area contributed by atoms with Crippen LogP contribution in [0, 0.1) is 5.92 Å². The molecule has 0 aromatic heterocycles. The van der Waals surface area contributed by atoms with Crippen LogP contribution in [-0.2, 0) is 22.6 Å². The van der Waals surface area contributed by atoms with Crippen molar-refractivity contribution in [1.29, 1.82) is 0 Å². The van der Waals surface area contributed by atoms with Gasteiger partial charge in [-0.25, -0.2) is 0 Å². The normalized spacial score (nSPS) is 21.4. The smallest absolute Gasteiger partial charge is 0.243 e. The molecule has 25 heavy (non-hydrogen) atoms. The molecule has 2 N–H and O–H groups in total. The lowest BCUT2D eigenvalue weighted by Gasteiger charge is -2.39. The van der Waals surface area contributed by atoms with Gasteiger partial charge in [0.1, 0.15) is 6.04 Å². The zero-order valence-corrected chi connectivity index (χ0v) is 15.1. The van der Waals surface area contributed by atoms with Gasteiger partial charge in [0.25, 0.3) is 0 Å². The first kappa shape index (κ1) is 17.9. The molecule has 1 aliphatic carbocycles. The molecule has 1 heterocycles. The molecule has 1 saturated carbocycles. The summed E-state index contributed by atoms with van der Waals surface area (Å²) in [6.45, 7) is 4.77. The molecule has 2 amide bonds. The van der Waals surface area contributed by atoms with Gasteiger partial charge in [-0.05, 0) is 36.3 Å². The van der Waals surface area contributed by atoms with Crippen LogP contribution in [0.5, 0.6) is 0 Å². The summed E-state index contributed by atoms with van der Waals surface area (Å²) in [4.78, 5) is 27.2. The lowest BCUT2D eigenvalue weighted by molar-refractivity contribution is -0.143. The maximum atomic E-state index is 12.8. The third kappa shape index (κ3) is 4.03. The summed E-state index contributed by atoms with van der Waals surface area (Å²) in [5.41, 5.74) is 1.48. The topological polar surface area (TPSA) is 69.6 Å². The Balaban J connectivity index is 1.75. The summed E-state index contributed by atoms with van der Waals surface area (Å²) in [6.07, 6.45) is 3.44. The van der Waals surface area contributed by atoms with E-state index in [-0.39, 0.29) is 24.3 Å². The molecule has 0 spiro atoms. The Hall–Kier alpha value is -1.88. The summed E-state index contributed by atoms with van der Waals surface area (Å²) in [5, 5.41) is 13.1. The van der Waals surface area contributed by atoms with Crippen molar-refractivity contribution in [2.45, 2.75) is 64.1 Å². The van der Waals surface area contributed by atoms with Crippen molar-refractivity contribution in [3.63, 3.8) is 0 Å². The summed E-state index contributed by atoms with van der Waals surface area (Å²) in [5.74, 6) is 0.114. The van der Waals surface area contributed by atoms with Gasteiger partial charge in [-0.2, -0.15) is 0 Å². The first-order valence-corrected chi connectivity index (χ1v) is 9.24. The summed E-state index contributed by atoms with van der Waals surface area (Å²) in [7, 11) is 0. The fourth-order valence-electron chi connectivity index (χ4n) is 3.62. The molecule has 1 aromatic rings.